The van der Waals surface area contributed by atoms with Crippen LogP contribution in [-0.4, -0.2) is 17.8 Å². The lowest BCUT2D eigenvalue weighted by atomic mass is 9.88. The van der Waals surface area contributed by atoms with E-state index >= 15 is 0 Å². The van der Waals surface area contributed by atoms with Crippen LogP contribution < -0.4 is 5.63 Å². The Morgan fingerprint density at radius 2 is 1.93 bits per heavy atom. The monoisotopic (exact) mass is 370 g/mol. The van der Waals surface area contributed by atoms with Gasteiger partial charge < -0.3 is 14.3 Å². The van der Waals surface area contributed by atoms with E-state index in [2.05, 4.69) is 6.92 Å². The second-order valence-electron chi connectivity index (χ2n) is 7.44. The molecule has 146 valence electrons. The van der Waals surface area contributed by atoms with Gasteiger partial charge in [0.25, 0.3) is 0 Å². The van der Waals surface area contributed by atoms with Gasteiger partial charge in [-0.1, -0.05) is 44.2 Å². The Kier molecular flexibility index (Phi) is 6.73. The Hall–Kier alpha value is -2.07. The first-order valence-corrected chi connectivity index (χ1v) is 10.2. The third kappa shape index (κ3) is 4.62. The summed E-state index contributed by atoms with van der Waals surface area (Å²) in [7, 11) is 0. The summed E-state index contributed by atoms with van der Waals surface area (Å²) in [5.74, 6) is 0.525. The highest BCUT2D eigenvalue weighted by Gasteiger charge is 2.26. The lowest BCUT2D eigenvalue weighted by Gasteiger charge is -2.26. The van der Waals surface area contributed by atoms with Crippen LogP contribution in [0.25, 0.3) is 0 Å². The van der Waals surface area contributed by atoms with E-state index in [4.69, 9.17) is 9.15 Å². The zero-order chi connectivity index (χ0) is 19.2. The average Bonchev–Trinajstić information content (AvgIpc) is 2.70. The zero-order valence-electron chi connectivity index (χ0n) is 16.3. The standard InChI is InChI=1S/C23H30O4/c1-3-16(14-18-12-8-9-13-26-18)21-15-20(24)22(23(25)27-21)19(4-2)17-10-6-5-7-11-17/h5-7,10-11,15-16,18-19,24H,3-4,8-9,12-14H2,1-2H3. The van der Waals surface area contributed by atoms with Gasteiger partial charge in [-0.3, -0.25) is 0 Å². The van der Waals surface area contributed by atoms with Crippen molar-refractivity contribution in [3.8, 4) is 5.75 Å². The van der Waals surface area contributed by atoms with Crippen LogP contribution in [0.5, 0.6) is 5.75 Å². The highest BCUT2D eigenvalue weighted by Crippen LogP contribution is 2.35. The van der Waals surface area contributed by atoms with E-state index in [1.165, 1.54) is 6.42 Å². The van der Waals surface area contributed by atoms with Crippen LogP contribution >= 0.6 is 0 Å². The molecule has 1 saturated heterocycles. The first-order valence-electron chi connectivity index (χ1n) is 10.2. The Morgan fingerprint density at radius 1 is 1.15 bits per heavy atom. The second-order valence-corrected chi connectivity index (χ2v) is 7.44. The first kappa shape index (κ1) is 19.7. The smallest absolute Gasteiger partial charge is 0.343 e. The van der Waals surface area contributed by atoms with Crippen molar-refractivity contribution in [3.63, 3.8) is 0 Å². The average molecular weight is 370 g/mol. The van der Waals surface area contributed by atoms with Crippen LogP contribution in [0.1, 0.15) is 81.1 Å². The van der Waals surface area contributed by atoms with Crippen molar-refractivity contribution in [3.05, 3.63) is 63.7 Å². The molecule has 4 heteroatoms. The maximum absolute atomic E-state index is 12.8. The van der Waals surface area contributed by atoms with Gasteiger partial charge in [0, 0.05) is 24.5 Å². The van der Waals surface area contributed by atoms with E-state index in [1.54, 1.807) is 6.07 Å². The predicted octanol–water partition coefficient (Wildman–Crippen LogP) is 5.34. The molecule has 1 aromatic carbocycles. The molecule has 0 spiro atoms. The van der Waals surface area contributed by atoms with Crippen LogP contribution in [0.4, 0.5) is 0 Å². The molecule has 3 unspecified atom stereocenters. The Bertz CT molecular complexity index is 775. The fourth-order valence-electron chi connectivity index (χ4n) is 4.12. The molecule has 3 rings (SSSR count). The zero-order valence-corrected chi connectivity index (χ0v) is 16.3. The van der Waals surface area contributed by atoms with Crippen LogP contribution in [0.2, 0.25) is 0 Å². The van der Waals surface area contributed by atoms with Crippen molar-refractivity contribution in [1.82, 2.24) is 0 Å². The van der Waals surface area contributed by atoms with Gasteiger partial charge in [-0.25, -0.2) is 4.79 Å². The normalized spacial score (nSPS) is 19.6. The van der Waals surface area contributed by atoms with Gasteiger partial charge in [-0.15, -0.1) is 0 Å². The third-order valence-electron chi connectivity index (χ3n) is 5.66. The van der Waals surface area contributed by atoms with Crippen LogP contribution in [0, 0.1) is 0 Å². The molecule has 1 aliphatic heterocycles. The summed E-state index contributed by atoms with van der Waals surface area (Å²) in [5, 5.41) is 10.7. The minimum absolute atomic E-state index is 0.0416. The van der Waals surface area contributed by atoms with Crippen molar-refractivity contribution in [2.24, 2.45) is 0 Å². The number of rotatable bonds is 7. The number of benzene rings is 1. The van der Waals surface area contributed by atoms with Gasteiger partial charge in [0.15, 0.2) is 0 Å². The molecule has 1 fully saturated rings. The first-order chi connectivity index (χ1) is 13.1. The molecule has 0 radical (unpaired) electrons. The summed E-state index contributed by atoms with van der Waals surface area (Å²) in [4.78, 5) is 12.8. The van der Waals surface area contributed by atoms with Crippen molar-refractivity contribution >= 4 is 0 Å². The molecule has 0 aliphatic carbocycles. The molecule has 0 saturated carbocycles. The summed E-state index contributed by atoms with van der Waals surface area (Å²) in [6.45, 7) is 4.90. The lowest BCUT2D eigenvalue weighted by Crippen LogP contribution is -2.22. The SMILES string of the molecule is CCC(CC1CCCCO1)c1cc(O)c(C(CC)c2ccccc2)c(=O)o1. The molecular weight excluding hydrogens is 340 g/mol. The molecule has 1 N–H and O–H groups in total. The number of hydrogen-bond acceptors (Lipinski definition) is 4. The molecule has 4 nitrogen and oxygen atoms in total. The van der Waals surface area contributed by atoms with Gasteiger partial charge in [0.05, 0.1) is 11.7 Å². The minimum atomic E-state index is -0.427. The van der Waals surface area contributed by atoms with Crippen molar-refractivity contribution in [2.75, 3.05) is 6.61 Å². The number of ether oxygens (including phenoxy) is 1. The molecule has 0 amide bonds. The van der Waals surface area contributed by atoms with Crippen molar-refractivity contribution in [1.29, 1.82) is 0 Å². The molecule has 2 heterocycles. The van der Waals surface area contributed by atoms with Crippen LogP contribution in [-0.2, 0) is 4.74 Å². The summed E-state index contributed by atoms with van der Waals surface area (Å²) in [6, 6.07) is 11.5. The molecule has 2 aromatic rings. The molecular formula is C23H30O4. The van der Waals surface area contributed by atoms with E-state index in [9.17, 15) is 9.90 Å². The molecule has 27 heavy (non-hydrogen) atoms. The fraction of sp³-hybridized carbons (Fsp3) is 0.522. The molecule has 1 aromatic heterocycles. The maximum Gasteiger partial charge on any atom is 0.343 e. The minimum Gasteiger partial charge on any atom is -0.507 e. The van der Waals surface area contributed by atoms with Crippen molar-refractivity contribution < 1.29 is 14.3 Å². The number of hydrogen-bond donors (Lipinski definition) is 1. The van der Waals surface area contributed by atoms with Crippen LogP contribution in [0.3, 0.4) is 0 Å². The highest BCUT2D eigenvalue weighted by molar-refractivity contribution is 5.40. The second kappa shape index (κ2) is 9.23. The third-order valence-corrected chi connectivity index (χ3v) is 5.66. The Labute approximate surface area is 161 Å². The topological polar surface area (TPSA) is 59.7 Å². The highest BCUT2D eigenvalue weighted by atomic mass is 16.5. The maximum atomic E-state index is 12.8. The molecule has 0 bridgehead atoms. The van der Waals surface area contributed by atoms with Gasteiger partial charge in [-0.2, -0.15) is 0 Å². The van der Waals surface area contributed by atoms with Crippen LogP contribution in [0.15, 0.2) is 45.6 Å². The van der Waals surface area contributed by atoms with Gasteiger partial charge >= 0.3 is 5.63 Å². The summed E-state index contributed by atoms with van der Waals surface area (Å²) >= 11 is 0. The fourth-order valence-corrected chi connectivity index (χ4v) is 4.12. The summed E-state index contributed by atoms with van der Waals surface area (Å²) < 4.78 is 11.6. The van der Waals surface area contributed by atoms with Crippen molar-refractivity contribution in [2.45, 2.75) is 70.3 Å². The quantitative estimate of drug-likeness (QED) is 0.715. The van der Waals surface area contributed by atoms with E-state index in [0.29, 0.717) is 11.3 Å². The molecule has 3 atom stereocenters. The van der Waals surface area contributed by atoms with Gasteiger partial charge in [0.1, 0.15) is 11.5 Å². The Morgan fingerprint density at radius 3 is 2.52 bits per heavy atom. The predicted molar refractivity (Wildman–Crippen MR) is 106 cm³/mol. The van der Waals surface area contributed by atoms with E-state index in [0.717, 1.165) is 44.3 Å². The Balaban J connectivity index is 1.88. The van der Waals surface area contributed by atoms with Gasteiger partial charge in [0.2, 0.25) is 0 Å². The summed E-state index contributed by atoms with van der Waals surface area (Å²) in [5.41, 5.74) is 0.943. The van der Waals surface area contributed by atoms with E-state index in [-0.39, 0.29) is 23.7 Å². The van der Waals surface area contributed by atoms with E-state index in [1.807, 2.05) is 37.3 Å². The van der Waals surface area contributed by atoms with Gasteiger partial charge in [-0.05, 0) is 44.1 Å². The summed E-state index contributed by atoms with van der Waals surface area (Å²) in [6.07, 6.45) is 5.96. The molecule has 1 aliphatic rings. The lowest BCUT2D eigenvalue weighted by molar-refractivity contribution is 0.00542. The number of aromatic hydroxyl groups is 1. The van der Waals surface area contributed by atoms with E-state index < -0.39 is 5.63 Å². The largest absolute Gasteiger partial charge is 0.507 e.